The first-order valence-corrected chi connectivity index (χ1v) is 8.94. The van der Waals surface area contributed by atoms with Crippen molar-refractivity contribution in [3.05, 3.63) is 71.3 Å². The largest absolute Gasteiger partial charge is 0.314 e. The average molecular weight is 334 g/mol. The van der Waals surface area contributed by atoms with Crippen LogP contribution in [0.3, 0.4) is 0 Å². The molecule has 128 valence electrons. The summed E-state index contributed by atoms with van der Waals surface area (Å²) in [5.41, 5.74) is 2.32. The fourth-order valence-electron chi connectivity index (χ4n) is 4.33. The Hall–Kier alpha value is -2.62. The van der Waals surface area contributed by atoms with Gasteiger partial charge in [-0.25, -0.2) is 0 Å². The number of carbonyl (C=O) groups excluding carboxylic acids is 2. The van der Waals surface area contributed by atoms with Crippen LogP contribution in [0.1, 0.15) is 41.3 Å². The third-order valence-electron chi connectivity index (χ3n) is 5.48. The molecule has 0 aliphatic carbocycles. The van der Waals surface area contributed by atoms with Crippen LogP contribution >= 0.6 is 0 Å². The molecule has 0 radical (unpaired) electrons. The van der Waals surface area contributed by atoms with Gasteiger partial charge in [0.25, 0.3) is 5.91 Å². The predicted molar refractivity (Wildman–Crippen MR) is 95.9 cm³/mol. The van der Waals surface area contributed by atoms with Crippen LogP contribution in [0.5, 0.6) is 0 Å². The van der Waals surface area contributed by atoms with Gasteiger partial charge in [0.2, 0.25) is 5.91 Å². The van der Waals surface area contributed by atoms with Crippen LogP contribution in [-0.2, 0) is 16.9 Å². The third kappa shape index (κ3) is 2.28. The molecule has 4 nitrogen and oxygen atoms in total. The van der Waals surface area contributed by atoms with E-state index < -0.39 is 5.66 Å². The van der Waals surface area contributed by atoms with Crippen LogP contribution in [0.25, 0.3) is 0 Å². The summed E-state index contributed by atoms with van der Waals surface area (Å²) in [6.45, 7) is 3.11. The number of amides is 2. The van der Waals surface area contributed by atoms with Gasteiger partial charge in [0.05, 0.1) is 0 Å². The Kier molecular flexibility index (Phi) is 3.83. The Morgan fingerprint density at radius 3 is 2.52 bits per heavy atom. The molecule has 0 aromatic heterocycles. The number of hydrogen-bond acceptors (Lipinski definition) is 2. The van der Waals surface area contributed by atoms with E-state index in [2.05, 4.69) is 12.1 Å². The maximum absolute atomic E-state index is 12.9. The van der Waals surface area contributed by atoms with Crippen molar-refractivity contribution >= 4 is 11.8 Å². The zero-order valence-electron chi connectivity index (χ0n) is 14.4. The molecule has 1 unspecified atom stereocenters. The van der Waals surface area contributed by atoms with E-state index in [9.17, 15) is 9.59 Å². The van der Waals surface area contributed by atoms with Gasteiger partial charge in [0.1, 0.15) is 5.66 Å². The van der Waals surface area contributed by atoms with Crippen LogP contribution in [-0.4, -0.2) is 34.7 Å². The molecular formula is C21H22N2O2. The molecule has 4 heteroatoms. The normalized spacial score (nSPS) is 21.4. The molecule has 1 fully saturated rings. The molecule has 0 bridgehead atoms. The maximum atomic E-state index is 12.9. The minimum Gasteiger partial charge on any atom is -0.314 e. The Labute approximate surface area is 148 Å². The van der Waals surface area contributed by atoms with Crippen molar-refractivity contribution in [1.82, 2.24) is 9.80 Å². The molecule has 2 aromatic rings. The van der Waals surface area contributed by atoms with Crippen molar-refractivity contribution in [3.8, 4) is 0 Å². The number of benzene rings is 2. The number of rotatable bonds is 4. The number of carbonyl (C=O) groups is 2. The maximum Gasteiger partial charge on any atom is 0.256 e. The van der Waals surface area contributed by atoms with Crippen molar-refractivity contribution in [1.29, 1.82) is 0 Å². The van der Waals surface area contributed by atoms with Gasteiger partial charge in [-0.2, -0.15) is 0 Å². The highest BCUT2D eigenvalue weighted by molar-refractivity contribution is 6.01. The lowest BCUT2D eigenvalue weighted by atomic mass is 9.90. The fraction of sp³-hybridized carbons (Fsp3) is 0.333. The molecule has 2 amide bonds. The fourth-order valence-corrected chi connectivity index (χ4v) is 4.33. The highest BCUT2D eigenvalue weighted by atomic mass is 16.2. The Morgan fingerprint density at radius 2 is 1.76 bits per heavy atom. The van der Waals surface area contributed by atoms with Gasteiger partial charge in [-0.15, -0.1) is 0 Å². The molecule has 0 spiro atoms. The minimum absolute atomic E-state index is 0.0510. The number of aryl methyl sites for hydroxylation is 1. The average Bonchev–Trinajstić information content (AvgIpc) is 3.16. The quantitative estimate of drug-likeness (QED) is 0.862. The first-order valence-electron chi connectivity index (χ1n) is 8.94. The van der Waals surface area contributed by atoms with E-state index in [1.807, 2.05) is 59.2 Å². The van der Waals surface area contributed by atoms with Crippen molar-refractivity contribution in [2.45, 2.75) is 31.8 Å². The Bertz CT molecular complexity index is 818. The minimum atomic E-state index is -0.628. The number of fused-ring (bicyclic) bond motifs is 3. The zero-order chi connectivity index (χ0) is 17.4. The molecule has 0 saturated carbocycles. The molecule has 25 heavy (non-hydrogen) atoms. The smallest absolute Gasteiger partial charge is 0.256 e. The summed E-state index contributed by atoms with van der Waals surface area (Å²) in [5.74, 6) is 0.162. The second-order valence-electron chi connectivity index (χ2n) is 6.70. The summed E-state index contributed by atoms with van der Waals surface area (Å²) in [6.07, 6.45) is 2.01. The van der Waals surface area contributed by atoms with Crippen molar-refractivity contribution < 1.29 is 9.59 Å². The lowest BCUT2D eigenvalue weighted by molar-refractivity contribution is -0.138. The van der Waals surface area contributed by atoms with E-state index in [0.29, 0.717) is 19.5 Å². The first-order chi connectivity index (χ1) is 12.2. The molecule has 2 aliphatic heterocycles. The first kappa shape index (κ1) is 15.9. The zero-order valence-corrected chi connectivity index (χ0v) is 14.4. The second-order valence-corrected chi connectivity index (χ2v) is 6.70. The summed E-state index contributed by atoms with van der Waals surface area (Å²) >= 11 is 0. The van der Waals surface area contributed by atoms with Gasteiger partial charge >= 0.3 is 0 Å². The van der Waals surface area contributed by atoms with Crippen LogP contribution in [0, 0.1) is 0 Å². The third-order valence-corrected chi connectivity index (χ3v) is 5.48. The highest BCUT2D eigenvalue weighted by Gasteiger charge is 2.57. The van der Waals surface area contributed by atoms with E-state index in [4.69, 9.17) is 0 Å². The van der Waals surface area contributed by atoms with Gasteiger partial charge < -0.3 is 9.80 Å². The van der Waals surface area contributed by atoms with Crippen molar-refractivity contribution in [2.75, 3.05) is 13.1 Å². The highest BCUT2D eigenvalue weighted by Crippen LogP contribution is 2.48. The van der Waals surface area contributed by atoms with Crippen LogP contribution in [0.4, 0.5) is 0 Å². The summed E-state index contributed by atoms with van der Waals surface area (Å²) in [4.78, 5) is 29.5. The van der Waals surface area contributed by atoms with Gasteiger partial charge in [-0.05, 0) is 24.5 Å². The van der Waals surface area contributed by atoms with Crippen molar-refractivity contribution in [3.63, 3.8) is 0 Å². The van der Waals surface area contributed by atoms with E-state index >= 15 is 0 Å². The van der Waals surface area contributed by atoms with Gasteiger partial charge in [0.15, 0.2) is 0 Å². The molecule has 2 aromatic carbocycles. The molecule has 2 heterocycles. The summed E-state index contributed by atoms with van der Waals surface area (Å²) in [7, 11) is 0. The molecular weight excluding hydrogens is 312 g/mol. The Balaban J connectivity index is 1.79. The molecule has 0 N–H and O–H groups in total. The SMILES string of the molecule is CCC(=O)N1CCN2C(=O)c3ccccc3C12CCc1ccccc1. The molecule has 4 rings (SSSR count). The van der Waals surface area contributed by atoms with Gasteiger partial charge in [0, 0.05) is 30.6 Å². The van der Waals surface area contributed by atoms with E-state index in [1.54, 1.807) is 0 Å². The van der Waals surface area contributed by atoms with Crippen LogP contribution < -0.4 is 0 Å². The van der Waals surface area contributed by atoms with Crippen LogP contribution in [0.15, 0.2) is 54.6 Å². The van der Waals surface area contributed by atoms with E-state index in [0.717, 1.165) is 24.0 Å². The molecule has 2 aliphatic rings. The lowest BCUT2D eigenvalue weighted by Crippen LogP contribution is -2.50. The summed E-state index contributed by atoms with van der Waals surface area (Å²) in [6, 6.07) is 18.0. The number of hydrogen-bond donors (Lipinski definition) is 0. The predicted octanol–water partition coefficient (Wildman–Crippen LogP) is 3.18. The van der Waals surface area contributed by atoms with Gasteiger partial charge in [-0.3, -0.25) is 9.59 Å². The van der Waals surface area contributed by atoms with Gasteiger partial charge in [-0.1, -0.05) is 55.5 Å². The second kappa shape index (κ2) is 6.03. The van der Waals surface area contributed by atoms with E-state index in [-0.39, 0.29) is 11.8 Å². The Morgan fingerprint density at radius 1 is 1.04 bits per heavy atom. The topological polar surface area (TPSA) is 40.6 Å². The van der Waals surface area contributed by atoms with E-state index in [1.165, 1.54) is 5.56 Å². The molecule has 1 atom stereocenters. The molecule has 1 saturated heterocycles. The number of nitrogens with zero attached hydrogens (tertiary/aromatic N) is 2. The standard InChI is InChI=1S/C21H22N2O2/c1-2-19(24)22-14-15-23-20(25)17-10-6-7-11-18(17)21(22,23)13-12-16-8-4-3-5-9-16/h3-11H,2,12-15H2,1H3. The van der Waals surface area contributed by atoms with Crippen molar-refractivity contribution in [2.24, 2.45) is 0 Å². The lowest BCUT2D eigenvalue weighted by Gasteiger charge is -2.40. The summed E-state index contributed by atoms with van der Waals surface area (Å²) in [5, 5.41) is 0. The monoisotopic (exact) mass is 334 g/mol. The summed E-state index contributed by atoms with van der Waals surface area (Å²) < 4.78 is 0. The van der Waals surface area contributed by atoms with Crippen LogP contribution in [0.2, 0.25) is 0 Å².